The highest BCUT2D eigenvalue weighted by atomic mass is 32.1. The molecule has 7 heteroatoms. The molecule has 0 saturated carbocycles. The standard InChI is InChI=1S/C11H9N3O2S2/c1-2-4-14-10(16)7(9(15)13-11(14)17)6-8-12-3-5-18-8/h2-3,5-6H,1,4H2,(H,13,15,17)/b7-6+. The molecule has 2 rings (SSSR count). The predicted molar refractivity (Wildman–Crippen MR) is 72.7 cm³/mol. The fourth-order valence-electron chi connectivity index (χ4n) is 1.42. The number of nitrogens with zero attached hydrogens (tertiary/aromatic N) is 2. The van der Waals surface area contributed by atoms with E-state index in [4.69, 9.17) is 12.2 Å². The zero-order valence-corrected chi connectivity index (χ0v) is 10.9. The molecule has 1 aromatic rings. The van der Waals surface area contributed by atoms with Gasteiger partial charge in [-0.25, -0.2) is 4.98 Å². The first-order valence-electron chi connectivity index (χ1n) is 5.02. The van der Waals surface area contributed by atoms with Crippen molar-refractivity contribution in [1.82, 2.24) is 15.2 Å². The van der Waals surface area contributed by atoms with Crippen LogP contribution < -0.4 is 5.32 Å². The first-order chi connectivity index (χ1) is 8.63. The lowest BCUT2D eigenvalue weighted by atomic mass is 10.1. The fourth-order valence-corrected chi connectivity index (χ4v) is 2.24. The summed E-state index contributed by atoms with van der Waals surface area (Å²) >= 11 is 6.28. The number of aromatic nitrogens is 1. The van der Waals surface area contributed by atoms with Gasteiger partial charge in [-0.05, 0) is 18.3 Å². The van der Waals surface area contributed by atoms with Gasteiger partial charge in [0.25, 0.3) is 11.8 Å². The van der Waals surface area contributed by atoms with Crippen LogP contribution >= 0.6 is 23.6 Å². The molecule has 1 aliphatic rings. The van der Waals surface area contributed by atoms with Gasteiger partial charge in [0, 0.05) is 18.1 Å². The van der Waals surface area contributed by atoms with Gasteiger partial charge in [0.2, 0.25) is 0 Å². The average Bonchev–Trinajstić information content (AvgIpc) is 2.83. The molecule has 5 nitrogen and oxygen atoms in total. The van der Waals surface area contributed by atoms with Crippen molar-refractivity contribution in [3.63, 3.8) is 0 Å². The van der Waals surface area contributed by atoms with Gasteiger partial charge in [-0.2, -0.15) is 0 Å². The molecule has 1 aromatic heterocycles. The summed E-state index contributed by atoms with van der Waals surface area (Å²) in [5.41, 5.74) is 0.0281. The molecule has 1 fully saturated rings. The Hall–Kier alpha value is -1.86. The number of hydrogen-bond acceptors (Lipinski definition) is 5. The summed E-state index contributed by atoms with van der Waals surface area (Å²) in [6.07, 6.45) is 4.61. The molecule has 1 N–H and O–H groups in total. The Morgan fingerprint density at radius 1 is 1.56 bits per heavy atom. The molecule has 2 amide bonds. The Bertz CT molecular complexity index is 549. The van der Waals surface area contributed by atoms with Crippen molar-refractivity contribution in [3.8, 4) is 0 Å². The predicted octanol–water partition coefficient (Wildman–Crippen LogP) is 0.956. The van der Waals surface area contributed by atoms with Crippen molar-refractivity contribution in [3.05, 3.63) is 34.8 Å². The van der Waals surface area contributed by atoms with E-state index in [1.165, 1.54) is 22.3 Å². The van der Waals surface area contributed by atoms with Crippen molar-refractivity contribution in [2.75, 3.05) is 6.54 Å². The molecule has 2 heterocycles. The third kappa shape index (κ3) is 2.36. The molecule has 1 saturated heterocycles. The smallest absolute Gasteiger partial charge is 0.266 e. The number of carbonyl (C=O) groups is 2. The Morgan fingerprint density at radius 3 is 2.94 bits per heavy atom. The highest BCUT2D eigenvalue weighted by Gasteiger charge is 2.32. The summed E-state index contributed by atoms with van der Waals surface area (Å²) in [7, 11) is 0. The zero-order chi connectivity index (χ0) is 13.1. The molecule has 0 bridgehead atoms. The number of nitrogens with one attached hydrogen (secondary N) is 1. The maximum absolute atomic E-state index is 12.1. The summed E-state index contributed by atoms with van der Waals surface area (Å²) in [4.78, 5) is 29.1. The van der Waals surface area contributed by atoms with Crippen molar-refractivity contribution >= 4 is 46.6 Å². The second-order valence-electron chi connectivity index (χ2n) is 3.39. The van der Waals surface area contributed by atoms with Gasteiger partial charge in [-0.1, -0.05) is 6.08 Å². The first kappa shape index (κ1) is 12.6. The van der Waals surface area contributed by atoms with Crippen molar-refractivity contribution in [2.24, 2.45) is 0 Å². The van der Waals surface area contributed by atoms with E-state index in [-0.39, 0.29) is 17.2 Å². The number of rotatable bonds is 3. The van der Waals surface area contributed by atoms with Gasteiger partial charge >= 0.3 is 0 Å². The molecule has 0 radical (unpaired) electrons. The molecule has 0 spiro atoms. The molecule has 0 atom stereocenters. The van der Waals surface area contributed by atoms with Crippen LogP contribution in [0.3, 0.4) is 0 Å². The highest BCUT2D eigenvalue weighted by molar-refractivity contribution is 7.80. The van der Waals surface area contributed by atoms with E-state index in [0.29, 0.717) is 5.01 Å². The molecule has 0 unspecified atom stereocenters. The number of carbonyl (C=O) groups excluding carboxylic acids is 2. The third-order valence-electron chi connectivity index (χ3n) is 2.22. The van der Waals surface area contributed by atoms with Gasteiger partial charge in [0.1, 0.15) is 10.6 Å². The van der Waals surface area contributed by atoms with E-state index in [1.54, 1.807) is 17.7 Å². The van der Waals surface area contributed by atoms with E-state index >= 15 is 0 Å². The highest BCUT2D eigenvalue weighted by Crippen LogP contribution is 2.15. The molecule has 92 valence electrons. The number of thiocarbonyl (C=S) groups is 1. The maximum atomic E-state index is 12.1. The summed E-state index contributed by atoms with van der Waals surface area (Å²) in [5.74, 6) is -0.931. The largest absolute Gasteiger partial charge is 0.298 e. The Kier molecular flexibility index (Phi) is 3.63. The van der Waals surface area contributed by atoms with Crippen LogP contribution in [0.4, 0.5) is 0 Å². The van der Waals surface area contributed by atoms with E-state index in [0.717, 1.165) is 0 Å². The van der Waals surface area contributed by atoms with E-state index in [1.807, 2.05) is 0 Å². The van der Waals surface area contributed by atoms with Crippen molar-refractivity contribution < 1.29 is 9.59 Å². The van der Waals surface area contributed by atoms with Gasteiger partial charge < -0.3 is 0 Å². The minimum absolute atomic E-state index is 0.0281. The minimum atomic E-state index is -0.500. The fraction of sp³-hybridized carbons (Fsp3) is 0.0909. The lowest BCUT2D eigenvalue weighted by molar-refractivity contribution is -0.128. The lowest BCUT2D eigenvalue weighted by Gasteiger charge is -2.27. The average molecular weight is 279 g/mol. The quantitative estimate of drug-likeness (QED) is 0.387. The van der Waals surface area contributed by atoms with Gasteiger partial charge in [-0.15, -0.1) is 17.9 Å². The number of amides is 2. The first-order valence-corrected chi connectivity index (χ1v) is 6.31. The third-order valence-corrected chi connectivity index (χ3v) is 3.26. The lowest BCUT2D eigenvalue weighted by Crippen LogP contribution is -2.53. The Morgan fingerprint density at radius 2 is 2.33 bits per heavy atom. The van der Waals surface area contributed by atoms with E-state index in [9.17, 15) is 9.59 Å². The summed E-state index contributed by atoms with van der Waals surface area (Å²) in [6.45, 7) is 3.80. The van der Waals surface area contributed by atoms with Crippen LogP contribution in [0.25, 0.3) is 6.08 Å². The molecule has 1 aliphatic heterocycles. The van der Waals surface area contributed by atoms with Crippen molar-refractivity contribution in [2.45, 2.75) is 0 Å². The molecule has 0 aromatic carbocycles. The summed E-state index contributed by atoms with van der Waals surface area (Å²) in [5, 5.41) is 4.93. The second kappa shape index (κ2) is 5.19. The SMILES string of the molecule is C=CCN1C(=O)/C(=C/c2nccs2)C(=O)NC1=S. The van der Waals surface area contributed by atoms with Crippen LogP contribution in [0, 0.1) is 0 Å². The molecule has 0 aliphatic carbocycles. The van der Waals surface area contributed by atoms with Crippen LogP contribution in [0.1, 0.15) is 5.01 Å². The minimum Gasteiger partial charge on any atom is -0.298 e. The van der Waals surface area contributed by atoms with Gasteiger partial charge in [-0.3, -0.25) is 19.8 Å². The zero-order valence-electron chi connectivity index (χ0n) is 9.25. The Balaban J connectivity index is 2.35. The monoisotopic (exact) mass is 279 g/mol. The van der Waals surface area contributed by atoms with Crippen LogP contribution in [-0.4, -0.2) is 33.4 Å². The van der Waals surface area contributed by atoms with Gasteiger partial charge in [0.05, 0.1) is 0 Å². The molecule has 18 heavy (non-hydrogen) atoms. The van der Waals surface area contributed by atoms with Crippen LogP contribution in [0.5, 0.6) is 0 Å². The summed E-state index contributed by atoms with van der Waals surface area (Å²) < 4.78 is 0. The molecular weight excluding hydrogens is 270 g/mol. The maximum Gasteiger partial charge on any atom is 0.266 e. The van der Waals surface area contributed by atoms with Crippen LogP contribution in [-0.2, 0) is 9.59 Å². The normalized spacial score (nSPS) is 18.1. The van der Waals surface area contributed by atoms with E-state index in [2.05, 4.69) is 16.9 Å². The summed E-state index contributed by atoms with van der Waals surface area (Å²) in [6, 6.07) is 0. The van der Waals surface area contributed by atoms with Gasteiger partial charge in [0.15, 0.2) is 5.11 Å². The number of hydrogen-bond donors (Lipinski definition) is 1. The number of thiazole rings is 1. The van der Waals surface area contributed by atoms with Crippen molar-refractivity contribution in [1.29, 1.82) is 0 Å². The topological polar surface area (TPSA) is 62.3 Å². The van der Waals surface area contributed by atoms with Crippen LogP contribution in [0.15, 0.2) is 29.8 Å². The van der Waals surface area contributed by atoms with E-state index < -0.39 is 11.8 Å². The second-order valence-corrected chi connectivity index (χ2v) is 4.70. The van der Waals surface area contributed by atoms with Crippen LogP contribution in [0.2, 0.25) is 0 Å². The molecular formula is C11H9N3O2S2. The Labute approximate surface area is 113 Å².